The summed E-state index contributed by atoms with van der Waals surface area (Å²) in [7, 11) is 2.06. The van der Waals surface area contributed by atoms with Gasteiger partial charge >= 0.3 is 0 Å². The molecule has 0 bridgehead atoms. The minimum absolute atomic E-state index is 0.430. The van der Waals surface area contributed by atoms with Gasteiger partial charge in [-0.1, -0.05) is 36.0 Å². The molecular formula is C15H18N2S2. The Balaban J connectivity index is 1.84. The van der Waals surface area contributed by atoms with E-state index in [1.54, 1.807) is 11.3 Å². The van der Waals surface area contributed by atoms with Gasteiger partial charge < -0.3 is 5.32 Å². The van der Waals surface area contributed by atoms with Gasteiger partial charge in [0.05, 0.1) is 0 Å². The molecule has 0 saturated heterocycles. The lowest BCUT2D eigenvalue weighted by molar-refractivity contribution is 0.510. The molecule has 2 unspecified atom stereocenters. The van der Waals surface area contributed by atoms with E-state index in [4.69, 9.17) is 0 Å². The van der Waals surface area contributed by atoms with Crippen LogP contribution in [0.25, 0.3) is 0 Å². The lowest BCUT2D eigenvalue weighted by atomic mass is 9.87. The van der Waals surface area contributed by atoms with Gasteiger partial charge in [-0.05, 0) is 37.9 Å². The van der Waals surface area contributed by atoms with Gasteiger partial charge in [-0.3, -0.25) is 0 Å². The fourth-order valence-electron chi connectivity index (χ4n) is 2.71. The Morgan fingerprint density at radius 3 is 2.95 bits per heavy atom. The predicted molar refractivity (Wildman–Crippen MR) is 83.1 cm³/mol. The molecule has 0 saturated carbocycles. The van der Waals surface area contributed by atoms with E-state index in [9.17, 15) is 0 Å². The largest absolute Gasteiger partial charge is 0.312 e. The first kappa shape index (κ1) is 13.2. The smallest absolute Gasteiger partial charge is 0.150 e. The quantitative estimate of drug-likeness (QED) is 0.930. The van der Waals surface area contributed by atoms with Crippen LogP contribution in [0.15, 0.2) is 34.0 Å². The summed E-state index contributed by atoms with van der Waals surface area (Å²) in [6.07, 6.45) is 2.39. The van der Waals surface area contributed by atoms with E-state index >= 15 is 0 Å². The Morgan fingerprint density at radius 1 is 1.37 bits per heavy atom. The topological polar surface area (TPSA) is 24.9 Å². The van der Waals surface area contributed by atoms with Crippen LogP contribution in [-0.4, -0.2) is 17.3 Å². The van der Waals surface area contributed by atoms with Crippen LogP contribution in [0, 0.1) is 6.92 Å². The van der Waals surface area contributed by atoms with Crippen molar-refractivity contribution in [2.24, 2.45) is 0 Å². The first-order chi connectivity index (χ1) is 9.28. The molecule has 1 aliphatic rings. The highest BCUT2D eigenvalue weighted by molar-refractivity contribution is 8.01. The lowest BCUT2D eigenvalue weighted by Gasteiger charge is -2.32. The van der Waals surface area contributed by atoms with Crippen molar-refractivity contribution < 1.29 is 0 Å². The predicted octanol–water partition coefficient (Wildman–Crippen LogP) is 3.82. The van der Waals surface area contributed by atoms with Gasteiger partial charge in [-0.15, -0.1) is 11.3 Å². The van der Waals surface area contributed by atoms with Crippen LogP contribution >= 0.6 is 23.1 Å². The number of thiazole rings is 1. The first-order valence-electron chi connectivity index (χ1n) is 6.62. The van der Waals surface area contributed by atoms with Gasteiger partial charge in [0.25, 0.3) is 0 Å². The summed E-state index contributed by atoms with van der Waals surface area (Å²) in [6.45, 7) is 2.06. The maximum absolute atomic E-state index is 4.58. The van der Waals surface area contributed by atoms with Crippen molar-refractivity contribution in [1.29, 1.82) is 0 Å². The van der Waals surface area contributed by atoms with Crippen molar-refractivity contribution in [3.05, 3.63) is 46.5 Å². The Morgan fingerprint density at radius 2 is 2.21 bits per heavy atom. The molecule has 1 aliphatic carbocycles. The molecule has 1 N–H and O–H groups in total. The van der Waals surface area contributed by atoms with E-state index in [2.05, 4.69) is 53.9 Å². The van der Waals surface area contributed by atoms with Crippen LogP contribution in [-0.2, 0) is 6.42 Å². The van der Waals surface area contributed by atoms with Gasteiger partial charge in [-0.25, -0.2) is 4.98 Å². The number of nitrogens with one attached hydrogen (secondary N) is 1. The molecule has 1 aromatic carbocycles. The Labute approximate surface area is 122 Å². The van der Waals surface area contributed by atoms with Gasteiger partial charge in [-0.2, -0.15) is 0 Å². The van der Waals surface area contributed by atoms with Gasteiger partial charge in [0, 0.05) is 22.4 Å². The summed E-state index contributed by atoms with van der Waals surface area (Å²) in [4.78, 5) is 4.58. The van der Waals surface area contributed by atoms with Crippen LogP contribution in [0.1, 0.15) is 29.3 Å². The fraction of sp³-hybridized carbons (Fsp3) is 0.400. The van der Waals surface area contributed by atoms with E-state index in [1.165, 1.54) is 28.3 Å². The summed E-state index contributed by atoms with van der Waals surface area (Å²) in [5, 5.41) is 6.20. The Kier molecular flexibility index (Phi) is 3.91. The third kappa shape index (κ3) is 2.71. The number of hydrogen-bond donors (Lipinski definition) is 1. The Hall–Kier alpha value is -0.840. The van der Waals surface area contributed by atoms with Crippen molar-refractivity contribution in [2.45, 2.75) is 35.4 Å². The first-order valence-corrected chi connectivity index (χ1v) is 8.37. The summed E-state index contributed by atoms with van der Waals surface area (Å²) >= 11 is 3.69. The molecule has 0 radical (unpaired) electrons. The summed E-state index contributed by atoms with van der Waals surface area (Å²) < 4.78 is 1.20. The number of benzene rings is 1. The summed E-state index contributed by atoms with van der Waals surface area (Å²) in [6, 6.07) is 9.23. The highest BCUT2D eigenvalue weighted by atomic mass is 32.2. The molecule has 4 heteroatoms. The van der Waals surface area contributed by atoms with Gasteiger partial charge in [0.2, 0.25) is 0 Å². The van der Waals surface area contributed by atoms with E-state index < -0.39 is 0 Å². The van der Waals surface area contributed by atoms with Crippen molar-refractivity contribution >= 4 is 23.1 Å². The highest BCUT2D eigenvalue weighted by Gasteiger charge is 2.29. The molecule has 2 nitrogen and oxygen atoms in total. The van der Waals surface area contributed by atoms with Crippen LogP contribution in [0.3, 0.4) is 0 Å². The third-order valence-electron chi connectivity index (χ3n) is 3.62. The molecule has 100 valence electrons. The van der Waals surface area contributed by atoms with E-state index in [0.29, 0.717) is 11.3 Å². The normalized spacial score (nSPS) is 22.2. The maximum Gasteiger partial charge on any atom is 0.150 e. The molecule has 0 fully saturated rings. The van der Waals surface area contributed by atoms with Crippen molar-refractivity contribution in [3.63, 3.8) is 0 Å². The van der Waals surface area contributed by atoms with Gasteiger partial charge in [0.1, 0.15) is 4.34 Å². The van der Waals surface area contributed by atoms with E-state index in [1.807, 2.05) is 11.8 Å². The highest BCUT2D eigenvalue weighted by Crippen LogP contribution is 2.40. The van der Waals surface area contributed by atoms with Crippen molar-refractivity contribution in [2.75, 3.05) is 7.05 Å². The van der Waals surface area contributed by atoms with Gasteiger partial charge in [0.15, 0.2) is 0 Å². The molecule has 1 aromatic heterocycles. The van der Waals surface area contributed by atoms with Crippen molar-refractivity contribution in [3.8, 4) is 0 Å². The second-order valence-corrected chi connectivity index (χ2v) is 7.26. The zero-order chi connectivity index (χ0) is 13.2. The van der Waals surface area contributed by atoms with Crippen LogP contribution < -0.4 is 5.32 Å². The summed E-state index contributed by atoms with van der Waals surface area (Å²) in [5.41, 5.74) is 4.08. The standard InChI is InChI=1S/C15H18N2S2/c1-10-9-18-15(17-10)19-13-8-7-11-5-3-4-6-12(11)14(13)16-2/h3-6,9,13-14,16H,7-8H2,1-2H3. The van der Waals surface area contributed by atoms with E-state index in [0.717, 1.165) is 5.69 Å². The van der Waals surface area contributed by atoms with Crippen molar-refractivity contribution in [1.82, 2.24) is 10.3 Å². The second-order valence-electron chi connectivity index (χ2n) is 4.91. The maximum atomic E-state index is 4.58. The number of thioether (sulfide) groups is 1. The SMILES string of the molecule is CNC1c2ccccc2CCC1Sc1nc(C)cs1. The lowest BCUT2D eigenvalue weighted by Crippen LogP contribution is -2.32. The molecule has 0 spiro atoms. The average Bonchev–Trinajstić information content (AvgIpc) is 2.84. The Bertz CT molecular complexity index is 565. The molecular weight excluding hydrogens is 272 g/mol. The molecule has 19 heavy (non-hydrogen) atoms. The number of aryl methyl sites for hydroxylation is 2. The molecule has 2 aromatic rings. The second kappa shape index (κ2) is 5.65. The molecule has 0 amide bonds. The molecule has 1 heterocycles. The third-order valence-corrected chi connectivity index (χ3v) is 6.05. The van der Waals surface area contributed by atoms with Crippen LogP contribution in [0.5, 0.6) is 0 Å². The monoisotopic (exact) mass is 290 g/mol. The van der Waals surface area contributed by atoms with Crippen LogP contribution in [0.4, 0.5) is 0 Å². The molecule has 0 aliphatic heterocycles. The van der Waals surface area contributed by atoms with Crippen LogP contribution in [0.2, 0.25) is 0 Å². The number of fused-ring (bicyclic) bond motifs is 1. The number of nitrogens with zero attached hydrogens (tertiary/aromatic N) is 1. The average molecular weight is 290 g/mol. The zero-order valence-corrected chi connectivity index (χ0v) is 12.9. The minimum Gasteiger partial charge on any atom is -0.312 e. The number of rotatable bonds is 3. The van der Waals surface area contributed by atoms with E-state index in [-0.39, 0.29) is 0 Å². The fourth-order valence-corrected chi connectivity index (χ4v) is 5.08. The zero-order valence-electron chi connectivity index (χ0n) is 11.2. The minimum atomic E-state index is 0.430. The number of aromatic nitrogens is 1. The molecule has 3 rings (SSSR count). The summed E-state index contributed by atoms with van der Waals surface area (Å²) in [5.74, 6) is 0. The number of hydrogen-bond acceptors (Lipinski definition) is 4. The molecule has 2 atom stereocenters.